The summed E-state index contributed by atoms with van der Waals surface area (Å²) in [7, 11) is 1.46. The fourth-order valence-electron chi connectivity index (χ4n) is 3.21. The minimum absolute atomic E-state index is 0.0492. The number of carbonyl (C=O) groups is 1. The van der Waals surface area contributed by atoms with Crippen molar-refractivity contribution in [1.29, 1.82) is 0 Å². The number of ether oxygens (including phenoxy) is 1. The molecule has 0 unspecified atom stereocenters. The number of aromatic nitrogens is 2. The molecule has 1 fully saturated rings. The number of piperidine rings is 1. The largest absolute Gasteiger partial charge is 0.497 e. The van der Waals surface area contributed by atoms with E-state index in [0.29, 0.717) is 18.7 Å². The van der Waals surface area contributed by atoms with Crippen LogP contribution in [0.4, 0.5) is 8.78 Å². The van der Waals surface area contributed by atoms with E-state index < -0.39 is 11.8 Å². The average molecular weight is 349 g/mol. The van der Waals surface area contributed by atoms with Crippen molar-refractivity contribution >= 4 is 5.91 Å². The van der Waals surface area contributed by atoms with Crippen molar-refractivity contribution in [3.8, 4) is 5.75 Å². The van der Waals surface area contributed by atoms with E-state index in [4.69, 9.17) is 4.74 Å². The fourth-order valence-corrected chi connectivity index (χ4v) is 3.21. The molecule has 7 heteroatoms. The summed E-state index contributed by atoms with van der Waals surface area (Å²) < 4.78 is 36.2. The molecule has 1 aromatic heterocycles. The number of amides is 1. The van der Waals surface area contributed by atoms with E-state index in [0.717, 1.165) is 0 Å². The highest BCUT2D eigenvalue weighted by Crippen LogP contribution is 2.35. The lowest BCUT2D eigenvalue weighted by Crippen LogP contribution is -2.49. The number of rotatable bonds is 4. The van der Waals surface area contributed by atoms with Gasteiger partial charge in [-0.25, -0.2) is 4.98 Å². The number of halogens is 2. The molecule has 0 aliphatic carbocycles. The van der Waals surface area contributed by atoms with Crippen LogP contribution in [0.3, 0.4) is 0 Å². The number of hydrogen-bond acceptors (Lipinski definition) is 3. The second-order valence-corrected chi connectivity index (χ2v) is 6.40. The van der Waals surface area contributed by atoms with E-state index in [-0.39, 0.29) is 24.1 Å². The lowest BCUT2D eigenvalue weighted by molar-refractivity contribution is -0.161. The maximum atomic E-state index is 14.7. The first kappa shape index (κ1) is 17.4. The van der Waals surface area contributed by atoms with Gasteiger partial charge in [0.2, 0.25) is 0 Å². The van der Waals surface area contributed by atoms with Crippen LogP contribution in [0.5, 0.6) is 5.75 Å². The van der Waals surface area contributed by atoms with Crippen molar-refractivity contribution < 1.29 is 18.3 Å². The molecule has 5 nitrogen and oxygen atoms in total. The molecule has 1 aromatic carbocycles. The normalized spacial score (nSPS) is 21.2. The van der Waals surface area contributed by atoms with E-state index >= 15 is 0 Å². The third-order valence-corrected chi connectivity index (χ3v) is 4.83. The first-order valence-corrected chi connectivity index (χ1v) is 8.22. The molecular weight excluding hydrogens is 328 g/mol. The van der Waals surface area contributed by atoms with Gasteiger partial charge in [-0.05, 0) is 36.6 Å². The van der Waals surface area contributed by atoms with E-state index in [9.17, 15) is 13.6 Å². The van der Waals surface area contributed by atoms with Crippen LogP contribution >= 0.6 is 0 Å². The van der Waals surface area contributed by atoms with Crippen LogP contribution in [0.1, 0.15) is 24.9 Å². The number of imidazole rings is 1. The highest BCUT2D eigenvalue weighted by molar-refractivity contribution is 5.85. The molecule has 0 radical (unpaired) electrons. The van der Waals surface area contributed by atoms with Crippen molar-refractivity contribution in [2.24, 2.45) is 5.92 Å². The zero-order valence-corrected chi connectivity index (χ0v) is 14.2. The minimum Gasteiger partial charge on any atom is -0.497 e. The number of methoxy groups -OCH3 is 1. The molecule has 134 valence electrons. The second kappa shape index (κ2) is 6.82. The molecule has 3 rings (SSSR count). The van der Waals surface area contributed by atoms with Gasteiger partial charge in [0, 0.05) is 31.0 Å². The molecule has 2 aromatic rings. The molecule has 25 heavy (non-hydrogen) atoms. The summed E-state index contributed by atoms with van der Waals surface area (Å²) in [6, 6.07) is 5.28. The molecular formula is C18H21F2N3O2. The zero-order valence-electron chi connectivity index (χ0n) is 14.2. The summed E-state index contributed by atoms with van der Waals surface area (Å²) in [5.41, 5.74) is -0.323. The Morgan fingerprint density at radius 2 is 2.04 bits per heavy atom. The predicted molar refractivity (Wildman–Crippen MR) is 88.5 cm³/mol. The first-order chi connectivity index (χ1) is 11.9. The van der Waals surface area contributed by atoms with Gasteiger partial charge in [-0.3, -0.25) is 4.79 Å². The van der Waals surface area contributed by atoms with Gasteiger partial charge < -0.3 is 14.2 Å². The predicted octanol–water partition coefficient (Wildman–Crippen LogP) is 3.09. The molecule has 1 aliphatic heterocycles. The van der Waals surface area contributed by atoms with Gasteiger partial charge in [0.1, 0.15) is 5.75 Å². The second-order valence-electron chi connectivity index (χ2n) is 6.40. The van der Waals surface area contributed by atoms with E-state index in [1.165, 1.54) is 36.3 Å². The van der Waals surface area contributed by atoms with Crippen molar-refractivity contribution in [3.05, 3.63) is 48.5 Å². The summed E-state index contributed by atoms with van der Waals surface area (Å²) in [5, 5.41) is 0. The van der Waals surface area contributed by atoms with Crippen molar-refractivity contribution in [3.63, 3.8) is 0 Å². The molecule has 0 N–H and O–H groups in total. The first-order valence-electron chi connectivity index (χ1n) is 8.22. The highest BCUT2D eigenvalue weighted by atomic mass is 19.3. The minimum atomic E-state index is -3.56. The molecule has 2 atom stereocenters. The Kier molecular flexibility index (Phi) is 4.74. The highest BCUT2D eigenvalue weighted by Gasteiger charge is 2.45. The van der Waals surface area contributed by atoms with Gasteiger partial charge in [-0.2, -0.15) is 8.78 Å². The summed E-state index contributed by atoms with van der Waals surface area (Å²) in [6.45, 7) is 2.65. The number of alkyl halides is 2. The van der Waals surface area contributed by atoms with Gasteiger partial charge in [-0.1, -0.05) is 6.92 Å². The number of hydrogen-bond donors (Lipinski definition) is 0. The number of nitrogens with zero attached hydrogens (tertiary/aromatic N) is 3. The smallest absolute Gasteiger partial charge is 0.349 e. The third-order valence-electron chi connectivity index (χ3n) is 4.83. The van der Waals surface area contributed by atoms with E-state index in [1.54, 1.807) is 18.7 Å². The third kappa shape index (κ3) is 3.36. The Balaban J connectivity index is 1.78. The maximum absolute atomic E-state index is 14.7. The summed E-state index contributed by atoms with van der Waals surface area (Å²) in [4.78, 5) is 17.8. The van der Waals surface area contributed by atoms with Crippen molar-refractivity contribution in [1.82, 2.24) is 14.5 Å². The topological polar surface area (TPSA) is 47.4 Å². The Hall–Kier alpha value is -2.44. The zero-order chi connectivity index (χ0) is 18.0. The van der Waals surface area contributed by atoms with Crippen LogP contribution in [-0.2, 0) is 10.7 Å². The van der Waals surface area contributed by atoms with Crippen molar-refractivity contribution in [2.45, 2.75) is 25.3 Å². The molecule has 0 spiro atoms. The van der Waals surface area contributed by atoms with Gasteiger partial charge in [-0.15, -0.1) is 0 Å². The summed E-state index contributed by atoms with van der Waals surface area (Å²) in [6.07, 6.45) is 5.79. The molecule has 0 bridgehead atoms. The summed E-state index contributed by atoms with van der Waals surface area (Å²) in [5.74, 6) is -3.96. The van der Waals surface area contributed by atoms with Gasteiger partial charge >= 0.3 is 5.92 Å². The molecule has 1 aliphatic rings. The van der Waals surface area contributed by atoms with Crippen LogP contribution in [0.25, 0.3) is 0 Å². The molecule has 2 heterocycles. The molecule has 1 amide bonds. The number of benzene rings is 1. The maximum Gasteiger partial charge on any atom is 0.349 e. The van der Waals surface area contributed by atoms with Crippen LogP contribution < -0.4 is 4.74 Å². The van der Waals surface area contributed by atoms with Crippen LogP contribution in [0.2, 0.25) is 0 Å². The monoisotopic (exact) mass is 349 g/mol. The van der Waals surface area contributed by atoms with Crippen LogP contribution in [-0.4, -0.2) is 40.6 Å². The summed E-state index contributed by atoms with van der Waals surface area (Å²) >= 11 is 0. The lowest BCUT2D eigenvalue weighted by Gasteiger charge is -2.39. The fraction of sp³-hybridized carbons (Fsp3) is 0.444. The number of likely N-dealkylation sites (tertiary alicyclic amines) is 1. The quantitative estimate of drug-likeness (QED) is 0.852. The van der Waals surface area contributed by atoms with Crippen LogP contribution in [0.15, 0.2) is 43.0 Å². The SMILES string of the molecule is COc1ccc(C(F)(F)C(=O)N2CC[C@@H](C)[C@@H](n3ccnc3)C2)cc1. The van der Waals surface area contributed by atoms with Gasteiger partial charge in [0.15, 0.2) is 0 Å². The Labute approximate surface area is 145 Å². The van der Waals surface area contributed by atoms with Gasteiger partial charge in [0.05, 0.1) is 19.5 Å². The Morgan fingerprint density at radius 1 is 1.32 bits per heavy atom. The van der Waals surface area contributed by atoms with E-state index in [2.05, 4.69) is 11.9 Å². The average Bonchev–Trinajstić information content (AvgIpc) is 3.16. The van der Waals surface area contributed by atoms with Gasteiger partial charge in [0.25, 0.3) is 5.91 Å². The Bertz CT molecular complexity index is 716. The van der Waals surface area contributed by atoms with E-state index in [1.807, 2.05) is 4.57 Å². The molecule has 0 saturated carbocycles. The van der Waals surface area contributed by atoms with Crippen LogP contribution in [0, 0.1) is 5.92 Å². The Morgan fingerprint density at radius 3 is 2.64 bits per heavy atom. The lowest BCUT2D eigenvalue weighted by atomic mass is 9.92. The molecule has 1 saturated heterocycles. The number of carbonyl (C=O) groups excluding carboxylic acids is 1. The standard InChI is InChI=1S/C18H21F2N3O2/c1-13-7-9-22(11-16(13)23-10-8-21-12-23)17(24)18(19,20)14-3-5-15(25-2)6-4-14/h3-6,8,10,12-13,16H,7,9,11H2,1-2H3/t13-,16+/m1/s1. The van der Waals surface area contributed by atoms with Crippen molar-refractivity contribution in [2.75, 3.05) is 20.2 Å².